The predicted octanol–water partition coefficient (Wildman–Crippen LogP) is 3.98. The molecule has 0 radical (unpaired) electrons. The molecule has 0 spiro atoms. The maximum atomic E-state index is 10.1. The highest BCUT2D eigenvalue weighted by Crippen LogP contribution is 2.32. The summed E-state index contributed by atoms with van der Waals surface area (Å²) in [6, 6.07) is 10.6. The minimum absolute atomic E-state index is 0.270. The van der Waals surface area contributed by atoms with E-state index in [2.05, 4.69) is 57.8 Å². The number of fused-ring (bicyclic) bond motifs is 1. The number of rotatable bonds is 2. The summed E-state index contributed by atoms with van der Waals surface area (Å²) in [5.41, 5.74) is 5.00. The molecule has 0 saturated carbocycles. The second kappa shape index (κ2) is 5.14. The Hall–Kier alpha value is -1.06. The van der Waals surface area contributed by atoms with Crippen LogP contribution in [-0.2, 0) is 13.0 Å². The molecule has 1 aliphatic rings. The zero-order valence-corrected chi connectivity index (χ0v) is 12.7. The molecule has 0 fully saturated rings. The van der Waals surface area contributed by atoms with Crippen molar-refractivity contribution in [2.24, 2.45) is 0 Å². The Labute approximate surface area is 122 Å². The number of hydrogen-bond donors (Lipinski definition) is 1. The molecule has 3 rings (SSSR count). The lowest BCUT2D eigenvalue weighted by atomic mass is 9.95. The van der Waals surface area contributed by atoms with Gasteiger partial charge in [0.1, 0.15) is 0 Å². The van der Waals surface area contributed by atoms with Gasteiger partial charge in [-0.25, -0.2) is 0 Å². The summed E-state index contributed by atoms with van der Waals surface area (Å²) in [7, 11) is 0. The number of aliphatic hydroxyl groups is 1. The Bertz CT molecular complexity index is 586. The van der Waals surface area contributed by atoms with Crippen LogP contribution in [0.15, 0.2) is 34.8 Å². The van der Waals surface area contributed by atoms with Crippen molar-refractivity contribution in [3.8, 4) is 0 Å². The summed E-state index contributed by atoms with van der Waals surface area (Å²) < 4.78 is 3.46. The second-order valence-electron chi connectivity index (χ2n) is 5.31. The van der Waals surface area contributed by atoms with E-state index in [1.807, 2.05) is 0 Å². The fourth-order valence-electron chi connectivity index (χ4n) is 2.93. The van der Waals surface area contributed by atoms with Gasteiger partial charge in [0.25, 0.3) is 0 Å². The third kappa shape index (κ3) is 2.49. The summed E-state index contributed by atoms with van der Waals surface area (Å²) in [4.78, 5) is 0. The van der Waals surface area contributed by atoms with E-state index in [9.17, 15) is 5.11 Å². The smallest absolute Gasteiger partial charge is 0.0807 e. The lowest BCUT2D eigenvalue weighted by molar-refractivity contribution is 0.156. The van der Waals surface area contributed by atoms with Gasteiger partial charge in [-0.1, -0.05) is 28.1 Å². The molecule has 2 nitrogen and oxygen atoms in total. The maximum absolute atomic E-state index is 10.1. The highest BCUT2D eigenvalue weighted by Gasteiger charge is 2.22. The van der Waals surface area contributed by atoms with E-state index in [1.165, 1.54) is 17.0 Å². The molecule has 1 aromatic carbocycles. The van der Waals surface area contributed by atoms with Crippen molar-refractivity contribution in [2.75, 3.05) is 0 Å². The molecule has 0 bridgehead atoms. The minimum Gasteiger partial charge on any atom is -0.388 e. The van der Waals surface area contributed by atoms with Gasteiger partial charge >= 0.3 is 0 Å². The average molecular weight is 320 g/mol. The maximum Gasteiger partial charge on any atom is 0.0807 e. The van der Waals surface area contributed by atoms with Gasteiger partial charge in [0.05, 0.1) is 6.10 Å². The van der Waals surface area contributed by atoms with Gasteiger partial charge in [0, 0.05) is 28.0 Å². The first kappa shape index (κ1) is 12.9. The fourth-order valence-corrected chi connectivity index (χ4v) is 3.20. The molecule has 1 heterocycles. The monoisotopic (exact) mass is 319 g/mol. The number of halogens is 1. The SMILES string of the molecule is Cc1cc2c(n1Cc1ccc(Br)cc1)CCCC2O. The van der Waals surface area contributed by atoms with Crippen molar-refractivity contribution < 1.29 is 5.11 Å². The summed E-state index contributed by atoms with van der Waals surface area (Å²) in [5.74, 6) is 0. The molecule has 0 amide bonds. The van der Waals surface area contributed by atoms with Gasteiger partial charge in [-0.2, -0.15) is 0 Å². The first-order valence-electron chi connectivity index (χ1n) is 6.76. The molecule has 1 aromatic heterocycles. The molecular formula is C16H18BrNO. The predicted molar refractivity (Wildman–Crippen MR) is 80.3 cm³/mol. The second-order valence-corrected chi connectivity index (χ2v) is 6.22. The Kier molecular flexibility index (Phi) is 3.50. The summed E-state index contributed by atoms with van der Waals surface area (Å²) in [6.45, 7) is 3.02. The molecule has 0 saturated heterocycles. The van der Waals surface area contributed by atoms with Crippen LogP contribution in [0.25, 0.3) is 0 Å². The van der Waals surface area contributed by atoms with E-state index in [4.69, 9.17) is 0 Å². The van der Waals surface area contributed by atoms with Crippen molar-refractivity contribution in [1.82, 2.24) is 4.57 Å². The molecule has 3 heteroatoms. The van der Waals surface area contributed by atoms with Gasteiger partial charge in [-0.15, -0.1) is 0 Å². The first-order chi connectivity index (χ1) is 9.15. The van der Waals surface area contributed by atoms with Crippen LogP contribution in [0.5, 0.6) is 0 Å². The Morgan fingerprint density at radius 1 is 1.32 bits per heavy atom. The normalized spacial score (nSPS) is 18.4. The van der Waals surface area contributed by atoms with Crippen LogP contribution in [-0.4, -0.2) is 9.67 Å². The van der Waals surface area contributed by atoms with Gasteiger partial charge in [-0.05, 0) is 49.9 Å². The number of nitrogens with zero attached hydrogens (tertiary/aromatic N) is 1. The van der Waals surface area contributed by atoms with E-state index < -0.39 is 0 Å². The highest BCUT2D eigenvalue weighted by atomic mass is 79.9. The van der Waals surface area contributed by atoms with E-state index in [-0.39, 0.29) is 6.10 Å². The molecule has 1 aliphatic carbocycles. The number of hydrogen-bond acceptors (Lipinski definition) is 1. The Balaban J connectivity index is 1.95. The molecule has 2 aromatic rings. The lowest BCUT2D eigenvalue weighted by Gasteiger charge is -2.20. The quantitative estimate of drug-likeness (QED) is 0.890. The topological polar surface area (TPSA) is 25.2 Å². The van der Waals surface area contributed by atoms with Crippen LogP contribution in [0.2, 0.25) is 0 Å². The molecule has 19 heavy (non-hydrogen) atoms. The third-order valence-electron chi connectivity index (χ3n) is 3.95. The van der Waals surface area contributed by atoms with Crippen LogP contribution in [0.1, 0.15) is 41.5 Å². The van der Waals surface area contributed by atoms with Crippen LogP contribution in [0.3, 0.4) is 0 Å². The van der Waals surface area contributed by atoms with Crippen LogP contribution >= 0.6 is 15.9 Å². The summed E-state index contributed by atoms with van der Waals surface area (Å²) in [5, 5.41) is 10.1. The number of aromatic nitrogens is 1. The van der Waals surface area contributed by atoms with Crippen molar-refractivity contribution in [1.29, 1.82) is 0 Å². The lowest BCUT2D eigenvalue weighted by Crippen LogP contribution is -2.13. The standard InChI is InChI=1S/C16H18BrNO/c1-11-9-14-15(3-2-4-16(14)19)18(11)10-12-5-7-13(17)8-6-12/h5-9,16,19H,2-4,10H2,1H3. The number of benzene rings is 1. The molecule has 0 aliphatic heterocycles. The zero-order chi connectivity index (χ0) is 13.4. The van der Waals surface area contributed by atoms with E-state index >= 15 is 0 Å². The van der Waals surface area contributed by atoms with Gasteiger partial charge in [-0.3, -0.25) is 0 Å². The molecular weight excluding hydrogens is 302 g/mol. The van der Waals surface area contributed by atoms with Gasteiger partial charge in [0.15, 0.2) is 0 Å². The largest absolute Gasteiger partial charge is 0.388 e. The van der Waals surface area contributed by atoms with Crippen LogP contribution < -0.4 is 0 Å². The Morgan fingerprint density at radius 3 is 2.79 bits per heavy atom. The molecule has 100 valence electrons. The van der Waals surface area contributed by atoms with Crippen LogP contribution in [0.4, 0.5) is 0 Å². The minimum atomic E-state index is -0.270. The Morgan fingerprint density at radius 2 is 2.05 bits per heavy atom. The fraction of sp³-hybridized carbons (Fsp3) is 0.375. The van der Waals surface area contributed by atoms with Gasteiger partial charge in [0.2, 0.25) is 0 Å². The van der Waals surface area contributed by atoms with E-state index in [1.54, 1.807) is 0 Å². The average Bonchev–Trinajstić information content (AvgIpc) is 2.71. The number of aryl methyl sites for hydroxylation is 1. The molecule has 1 unspecified atom stereocenters. The van der Waals surface area contributed by atoms with Crippen molar-refractivity contribution in [2.45, 2.75) is 38.8 Å². The zero-order valence-electron chi connectivity index (χ0n) is 11.1. The number of aliphatic hydroxyl groups excluding tert-OH is 1. The highest BCUT2D eigenvalue weighted by molar-refractivity contribution is 9.10. The van der Waals surface area contributed by atoms with Crippen LogP contribution in [0, 0.1) is 6.92 Å². The molecule has 1 N–H and O–H groups in total. The van der Waals surface area contributed by atoms with Gasteiger partial charge < -0.3 is 9.67 Å². The third-order valence-corrected chi connectivity index (χ3v) is 4.48. The van der Waals surface area contributed by atoms with E-state index in [0.29, 0.717) is 0 Å². The van der Waals surface area contributed by atoms with Crippen molar-refractivity contribution in [3.05, 3.63) is 57.3 Å². The first-order valence-corrected chi connectivity index (χ1v) is 7.56. The summed E-state index contributed by atoms with van der Waals surface area (Å²) >= 11 is 3.47. The molecule has 1 atom stereocenters. The van der Waals surface area contributed by atoms with E-state index in [0.717, 1.165) is 35.8 Å². The van der Waals surface area contributed by atoms with Crippen molar-refractivity contribution in [3.63, 3.8) is 0 Å². The van der Waals surface area contributed by atoms with Crippen molar-refractivity contribution >= 4 is 15.9 Å². The summed E-state index contributed by atoms with van der Waals surface area (Å²) in [6.07, 6.45) is 2.79.